The predicted molar refractivity (Wildman–Crippen MR) is 109 cm³/mol. The second-order valence-electron chi connectivity index (χ2n) is 6.25. The number of hydrogen-bond donors (Lipinski definition) is 0. The van der Waals surface area contributed by atoms with Crippen molar-refractivity contribution in [2.45, 2.75) is 25.3 Å². The topological polar surface area (TPSA) is 68.5 Å². The molecule has 0 bridgehead atoms. The van der Waals surface area contributed by atoms with E-state index in [9.17, 15) is 4.79 Å². The van der Waals surface area contributed by atoms with Crippen LogP contribution in [0.15, 0.2) is 57.9 Å². The Morgan fingerprint density at radius 2 is 1.86 bits per heavy atom. The molecule has 0 radical (unpaired) electrons. The second kappa shape index (κ2) is 9.41. The highest BCUT2D eigenvalue weighted by Gasteiger charge is 2.17. The molecule has 2 aromatic carbocycles. The lowest BCUT2D eigenvalue weighted by molar-refractivity contribution is -0.129. The smallest absolute Gasteiger partial charge is 0.246 e. The third-order valence-corrected chi connectivity index (χ3v) is 5.26. The normalized spacial score (nSPS) is 10.7. The largest absolute Gasteiger partial charge is 0.497 e. The first-order chi connectivity index (χ1) is 13.6. The van der Waals surface area contributed by atoms with Gasteiger partial charge in [0, 0.05) is 17.0 Å². The zero-order valence-corrected chi connectivity index (χ0v) is 17.0. The van der Waals surface area contributed by atoms with Crippen LogP contribution < -0.4 is 4.74 Å². The highest BCUT2D eigenvalue weighted by Crippen LogP contribution is 2.21. The average molecular weight is 398 g/mol. The Hall–Kier alpha value is -2.80. The molecule has 7 heteroatoms. The van der Waals surface area contributed by atoms with Crippen molar-refractivity contribution in [3.8, 4) is 17.1 Å². The van der Waals surface area contributed by atoms with E-state index in [2.05, 4.69) is 10.1 Å². The van der Waals surface area contributed by atoms with Crippen LogP contribution in [-0.4, -0.2) is 40.4 Å². The summed E-state index contributed by atoms with van der Waals surface area (Å²) in [6.45, 7) is 4.86. The SMILES string of the molecule is CCN(Cc1nc(-c2ccc(OC)cc2)no1)C(=O)CSc1ccc(C)cc1. The zero-order valence-electron chi connectivity index (χ0n) is 16.2. The van der Waals surface area contributed by atoms with Crippen molar-refractivity contribution >= 4 is 17.7 Å². The average Bonchev–Trinajstić information content (AvgIpc) is 3.20. The van der Waals surface area contributed by atoms with E-state index >= 15 is 0 Å². The van der Waals surface area contributed by atoms with Crippen molar-refractivity contribution in [1.82, 2.24) is 15.0 Å². The van der Waals surface area contributed by atoms with Crippen molar-refractivity contribution in [1.29, 1.82) is 0 Å². The standard InChI is InChI=1S/C21H23N3O3S/c1-4-24(20(25)14-28-18-11-5-15(2)6-12-18)13-19-22-21(23-27-19)16-7-9-17(26-3)10-8-16/h5-12H,4,13-14H2,1-3H3. The molecule has 0 saturated heterocycles. The lowest BCUT2D eigenvalue weighted by Crippen LogP contribution is -2.31. The van der Waals surface area contributed by atoms with E-state index in [1.165, 1.54) is 17.3 Å². The summed E-state index contributed by atoms with van der Waals surface area (Å²) < 4.78 is 10.5. The van der Waals surface area contributed by atoms with Crippen molar-refractivity contribution in [3.63, 3.8) is 0 Å². The van der Waals surface area contributed by atoms with E-state index in [0.29, 0.717) is 30.6 Å². The van der Waals surface area contributed by atoms with Crippen molar-refractivity contribution in [2.24, 2.45) is 0 Å². The number of methoxy groups -OCH3 is 1. The third kappa shape index (κ3) is 5.13. The van der Waals surface area contributed by atoms with Gasteiger partial charge in [-0.3, -0.25) is 4.79 Å². The number of amides is 1. The molecule has 0 aliphatic carbocycles. The molecule has 0 N–H and O–H groups in total. The fourth-order valence-electron chi connectivity index (χ4n) is 2.59. The summed E-state index contributed by atoms with van der Waals surface area (Å²) in [6.07, 6.45) is 0. The fourth-order valence-corrected chi connectivity index (χ4v) is 3.39. The van der Waals surface area contributed by atoms with Crippen LogP contribution in [0, 0.1) is 6.92 Å². The molecule has 0 atom stereocenters. The number of benzene rings is 2. The molecule has 0 aliphatic heterocycles. The fraction of sp³-hybridized carbons (Fsp3) is 0.286. The summed E-state index contributed by atoms with van der Waals surface area (Å²) >= 11 is 1.53. The van der Waals surface area contributed by atoms with Gasteiger partial charge in [0.15, 0.2) is 0 Å². The molecule has 1 heterocycles. The molecule has 1 aromatic heterocycles. The van der Waals surface area contributed by atoms with E-state index in [4.69, 9.17) is 9.26 Å². The Balaban J connectivity index is 1.59. The quantitative estimate of drug-likeness (QED) is 0.531. The molecular weight excluding hydrogens is 374 g/mol. The first-order valence-electron chi connectivity index (χ1n) is 9.03. The van der Waals surface area contributed by atoms with Gasteiger partial charge in [0.05, 0.1) is 19.4 Å². The van der Waals surface area contributed by atoms with Crippen LogP contribution in [0.3, 0.4) is 0 Å². The van der Waals surface area contributed by atoms with Gasteiger partial charge in [-0.25, -0.2) is 0 Å². The molecule has 0 spiro atoms. The van der Waals surface area contributed by atoms with Gasteiger partial charge < -0.3 is 14.2 Å². The number of thioether (sulfide) groups is 1. The highest BCUT2D eigenvalue weighted by atomic mass is 32.2. The summed E-state index contributed by atoms with van der Waals surface area (Å²) in [5, 5.41) is 4.02. The minimum Gasteiger partial charge on any atom is -0.497 e. The first-order valence-corrected chi connectivity index (χ1v) is 10.0. The number of aromatic nitrogens is 2. The lowest BCUT2D eigenvalue weighted by Gasteiger charge is -2.18. The Morgan fingerprint density at radius 1 is 1.14 bits per heavy atom. The van der Waals surface area contributed by atoms with Gasteiger partial charge in [0.2, 0.25) is 17.6 Å². The summed E-state index contributed by atoms with van der Waals surface area (Å²) in [7, 11) is 1.62. The van der Waals surface area contributed by atoms with Crippen molar-refractivity contribution in [3.05, 3.63) is 60.0 Å². The summed E-state index contributed by atoms with van der Waals surface area (Å²) in [6, 6.07) is 15.6. The molecule has 3 aromatic rings. The van der Waals surface area contributed by atoms with Gasteiger partial charge in [0.25, 0.3) is 0 Å². The van der Waals surface area contributed by atoms with Crippen LogP contribution in [0.25, 0.3) is 11.4 Å². The van der Waals surface area contributed by atoms with E-state index < -0.39 is 0 Å². The summed E-state index contributed by atoms with van der Waals surface area (Å²) in [5.41, 5.74) is 2.04. The van der Waals surface area contributed by atoms with Gasteiger partial charge in [-0.1, -0.05) is 22.9 Å². The number of rotatable bonds is 8. The van der Waals surface area contributed by atoms with Crippen LogP contribution >= 0.6 is 11.8 Å². The van der Waals surface area contributed by atoms with Gasteiger partial charge >= 0.3 is 0 Å². The molecule has 0 fully saturated rings. The Morgan fingerprint density at radius 3 is 2.50 bits per heavy atom. The second-order valence-corrected chi connectivity index (χ2v) is 7.30. The number of carbonyl (C=O) groups excluding carboxylic acids is 1. The van der Waals surface area contributed by atoms with E-state index in [0.717, 1.165) is 16.2 Å². The number of ether oxygens (including phenoxy) is 1. The van der Waals surface area contributed by atoms with Crippen LogP contribution in [0.4, 0.5) is 0 Å². The number of carbonyl (C=O) groups is 1. The maximum atomic E-state index is 12.6. The minimum atomic E-state index is 0.0391. The number of nitrogens with zero attached hydrogens (tertiary/aromatic N) is 3. The highest BCUT2D eigenvalue weighted by molar-refractivity contribution is 8.00. The first kappa shape index (κ1) is 19.9. The van der Waals surface area contributed by atoms with E-state index in [-0.39, 0.29) is 5.91 Å². The van der Waals surface area contributed by atoms with Crippen LogP contribution in [0.1, 0.15) is 18.4 Å². The maximum Gasteiger partial charge on any atom is 0.246 e. The van der Waals surface area contributed by atoms with Crippen LogP contribution in [-0.2, 0) is 11.3 Å². The van der Waals surface area contributed by atoms with Crippen molar-refractivity contribution < 1.29 is 14.1 Å². The van der Waals surface area contributed by atoms with Gasteiger partial charge in [-0.05, 0) is 50.2 Å². The summed E-state index contributed by atoms with van der Waals surface area (Å²) in [5.74, 6) is 2.09. The van der Waals surface area contributed by atoms with Gasteiger partial charge in [-0.2, -0.15) is 4.98 Å². The Bertz CT molecular complexity index is 907. The van der Waals surface area contributed by atoms with Gasteiger partial charge in [-0.15, -0.1) is 11.8 Å². The van der Waals surface area contributed by atoms with Crippen LogP contribution in [0.5, 0.6) is 5.75 Å². The van der Waals surface area contributed by atoms with Crippen molar-refractivity contribution in [2.75, 3.05) is 19.4 Å². The molecule has 0 saturated carbocycles. The Labute approximate surface area is 168 Å². The third-order valence-electron chi connectivity index (χ3n) is 4.26. The molecule has 1 amide bonds. The van der Waals surface area contributed by atoms with Crippen LogP contribution in [0.2, 0.25) is 0 Å². The molecular formula is C21H23N3O3S. The maximum absolute atomic E-state index is 12.6. The van der Waals surface area contributed by atoms with Gasteiger partial charge in [0.1, 0.15) is 5.75 Å². The molecule has 146 valence electrons. The zero-order chi connectivity index (χ0) is 19.9. The van der Waals surface area contributed by atoms with E-state index in [1.54, 1.807) is 12.0 Å². The predicted octanol–water partition coefficient (Wildman–Crippen LogP) is 4.19. The number of aryl methyl sites for hydroxylation is 1. The number of hydrogen-bond acceptors (Lipinski definition) is 6. The summed E-state index contributed by atoms with van der Waals surface area (Å²) in [4.78, 5) is 19.8. The minimum absolute atomic E-state index is 0.0391. The monoisotopic (exact) mass is 397 g/mol. The van der Waals surface area contributed by atoms with E-state index in [1.807, 2.05) is 62.4 Å². The molecule has 28 heavy (non-hydrogen) atoms. The molecule has 6 nitrogen and oxygen atoms in total. The Kier molecular flexibility index (Phi) is 6.71. The molecule has 0 unspecified atom stereocenters. The molecule has 3 rings (SSSR count). The molecule has 0 aliphatic rings. The lowest BCUT2D eigenvalue weighted by atomic mass is 10.2.